The molecule has 0 aromatic carbocycles. The Balaban J connectivity index is 1.58. The first-order valence-electron chi connectivity index (χ1n) is 18.1. The third-order valence-electron chi connectivity index (χ3n) is 8.61. The molecule has 1 aliphatic heterocycles. The van der Waals surface area contributed by atoms with Crippen LogP contribution >= 0.6 is 0 Å². The van der Waals surface area contributed by atoms with Crippen molar-refractivity contribution in [3.8, 4) is 0 Å². The summed E-state index contributed by atoms with van der Waals surface area (Å²) in [5.41, 5.74) is 0. The molecule has 2 heteroatoms. The molecule has 1 atom stereocenters. The molecule has 1 heterocycles. The minimum atomic E-state index is 0.643. The van der Waals surface area contributed by atoms with Crippen LogP contribution in [-0.2, 0) is 9.47 Å². The van der Waals surface area contributed by atoms with Gasteiger partial charge in [-0.2, -0.15) is 0 Å². The number of hydrogen-bond acceptors (Lipinski definition) is 2. The van der Waals surface area contributed by atoms with Gasteiger partial charge in [-0.05, 0) is 19.3 Å². The molecule has 0 amide bonds. The van der Waals surface area contributed by atoms with Crippen LogP contribution in [0.3, 0.4) is 0 Å². The standard InChI is InChI=1S/C36H72O2/c1-2-3-4-5-6-7-8-18-21-24-27-30-33-37-34-31-28-25-22-19-16-14-12-10-9-11-13-15-17-20-23-26-29-32-36-35-38-36/h36H,2-35H2,1H3. The van der Waals surface area contributed by atoms with Gasteiger partial charge in [0.2, 0.25) is 0 Å². The average Bonchev–Trinajstić information content (AvgIpc) is 3.76. The van der Waals surface area contributed by atoms with E-state index in [1.165, 1.54) is 199 Å². The van der Waals surface area contributed by atoms with Gasteiger partial charge >= 0.3 is 0 Å². The Hall–Kier alpha value is -0.0800. The van der Waals surface area contributed by atoms with E-state index in [2.05, 4.69) is 6.92 Å². The molecule has 228 valence electrons. The first-order chi connectivity index (χ1) is 18.9. The number of ether oxygens (including phenoxy) is 2. The van der Waals surface area contributed by atoms with Crippen LogP contribution in [0.1, 0.15) is 206 Å². The minimum Gasteiger partial charge on any atom is -0.381 e. The summed E-state index contributed by atoms with van der Waals surface area (Å²) in [5, 5.41) is 0. The van der Waals surface area contributed by atoms with Crippen LogP contribution in [0.15, 0.2) is 0 Å². The van der Waals surface area contributed by atoms with E-state index in [1.54, 1.807) is 0 Å². The van der Waals surface area contributed by atoms with Crippen LogP contribution in [0, 0.1) is 0 Å². The van der Waals surface area contributed by atoms with Gasteiger partial charge in [0.1, 0.15) is 0 Å². The van der Waals surface area contributed by atoms with Gasteiger partial charge in [-0.1, -0.05) is 187 Å². The molecule has 1 saturated heterocycles. The molecule has 1 aliphatic rings. The SMILES string of the molecule is CCCCCCCCCCCCCCOCCCCCCCCCCCCCCCCCCCCC1CO1. The zero-order chi connectivity index (χ0) is 27.0. The summed E-state index contributed by atoms with van der Waals surface area (Å²) in [7, 11) is 0. The van der Waals surface area contributed by atoms with Gasteiger partial charge in [-0.25, -0.2) is 0 Å². The Morgan fingerprint density at radius 1 is 0.395 bits per heavy atom. The zero-order valence-corrected chi connectivity index (χ0v) is 26.4. The number of hydrogen-bond donors (Lipinski definition) is 0. The zero-order valence-electron chi connectivity index (χ0n) is 26.4. The van der Waals surface area contributed by atoms with Crippen LogP contribution in [0.2, 0.25) is 0 Å². The maximum Gasteiger partial charge on any atom is 0.0810 e. The lowest BCUT2D eigenvalue weighted by molar-refractivity contribution is 0.125. The van der Waals surface area contributed by atoms with Crippen molar-refractivity contribution in [2.75, 3.05) is 19.8 Å². The highest BCUT2D eigenvalue weighted by Crippen LogP contribution is 2.19. The Kier molecular flexibility index (Phi) is 29.7. The average molecular weight is 537 g/mol. The molecule has 2 nitrogen and oxygen atoms in total. The third kappa shape index (κ3) is 30.5. The van der Waals surface area contributed by atoms with Gasteiger partial charge < -0.3 is 9.47 Å². The molecule has 0 N–H and O–H groups in total. The van der Waals surface area contributed by atoms with E-state index >= 15 is 0 Å². The molecular formula is C36H72O2. The summed E-state index contributed by atoms with van der Waals surface area (Å²) in [4.78, 5) is 0. The number of unbranched alkanes of at least 4 members (excludes halogenated alkanes) is 28. The van der Waals surface area contributed by atoms with E-state index in [0.29, 0.717) is 6.10 Å². The molecule has 1 fully saturated rings. The highest BCUT2D eigenvalue weighted by Gasteiger charge is 2.20. The molecule has 38 heavy (non-hydrogen) atoms. The second-order valence-electron chi connectivity index (χ2n) is 12.6. The van der Waals surface area contributed by atoms with E-state index in [4.69, 9.17) is 9.47 Å². The van der Waals surface area contributed by atoms with E-state index in [9.17, 15) is 0 Å². The second-order valence-corrected chi connectivity index (χ2v) is 12.6. The van der Waals surface area contributed by atoms with E-state index < -0.39 is 0 Å². The summed E-state index contributed by atoms with van der Waals surface area (Å²) < 4.78 is 11.1. The monoisotopic (exact) mass is 537 g/mol. The number of rotatable bonds is 34. The van der Waals surface area contributed by atoms with Crippen molar-refractivity contribution in [3.63, 3.8) is 0 Å². The number of epoxide rings is 1. The minimum absolute atomic E-state index is 0.643. The first-order valence-corrected chi connectivity index (χ1v) is 18.1. The summed E-state index contributed by atoms with van der Waals surface area (Å²) in [5.74, 6) is 0. The third-order valence-corrected chi connectivity index (χ3v) is 8.61. The highest BCUT2D eigenvalue weighted by atomic mass is 16.6. The van der Waals surface area contributed by atoms with Crippen LogP contribution in [0.4, 0.5) is 0 Å². The molecule has 0 spiro atoms. The van der Waals surface area contributed by atoms with E-state index in [0.717, 1.165) is 19.8 Å². The molecule has 0 aromatic rings. The lowest BCUT2D eigenvalue weighted by atomic mass is 10.0. The Morgan fingerprint density at radius 3 is 0.947 bits per heavy atom. The largest absolute Gasteiger partial charge is 0.381 e. The summed E-state index contributed by atoms with van der Waals surface area (Å²) >= 11 is 0. The smallest absolute Gasteiger partial charge is 0.0810 e. The van der Waals surface area contributed by atoms with Crippen molar-refractivity contribution in [2.45, 2.75) is 212 Å². The van der Waals surface area contributed by atoms with Crippen molar-refractivity contribution in [2.24, 2.45) is 0 Å². The Morgan fingerprint density at radius 2 is 0.658 bits per heavy atom. The Bertz CT molecular complexity index is 420. The fraction of sp³-hybridized carbons (Fsp3) is 1.00. The van der Waals surface area contributed by atoms with Crippen LogP contribution in [-0.4, -0.2) is 25.9 Å². The van der Waals surface area contributed by atoms with Crippen molar-refractivity contribution in [1.29, 1.82) is 0 Å². The quantitative estimate of drug-likeness (QED) is 0.0602. The van der Waals surface area contributed by atoms with Crippen molar-refractivity contribution in [3.05, 3.63) is 0 Å². The van der Waals surface area contributed by atoms with Gasteiger partial charge in [-0.15, -0.1) is 0 Å². The molecule has 0 radical (unpaired) electrons. The first kappa shape index (κ1) is 35.9. The summed E-state index contributed by atoms with van der Waals surface area (Å²) in [6.07, 6.45) is 44.9. The summed E-state index contributed by atoms with van der Waals surface area (Å²) in [6.45, 7) is 5.33. The van der Waals surface area contributed by atoms with Crippen LogP contribution < -0.4 is 0 Å². The van der Waals surface area contributed by atoms with E-state index in [-0.39, 0.29) is 0 Å². The lowest BCUT2D eigenvalue weighted by Crippen LogP contribution is -1.97. The van der Waals surface area contributed by atoms with Crippen LogP contribution in [0.5, 0.6) is 0 Å². The molecule has 1 rings (SSSR count). The second kappa shape index (κ2) is 31.4. The van der Waals surface area contributed by atoms with Crippen molar-refractivity contribution in [1.82, 2.24) is 0 Å². The van der Waals surface area contributed by atoms with Gasteiger partial charge in [-0.3, -0.25) is 0 Å². The molecule has 0 aromatic heterocycles. The topological polar surface area (TPSA) is 21.8 Å². The maximum absolute atomic E-state index is 5.86. The van der Waals surface area contributed by atoms with Gasteiger partial charge in [0.05, 0.1) is 12.7 Å². The van der Waals surface area contributed by atoms with Gasteiger partial charge in [0.25, 0.3) is 0 Å². The van der Waals surface area contributed by atoms with Crippen molar-refractivity contribution >= 4 is 0 Å². The molecule has 0 bridgehead atoms. The Labute approximate surface area is 241 Å². The fourth-order valence-electron chi connectivity index (χ4n) is 5.79. The van der Waals surface area contributed by atoms with Gasteiger partial charge in [0, 0.05) is 13.2 Å². The van der Waals surface area contributed by atoms with Crippen LogP contribution in [0.25, 0.3) is 0 Å². The molecule has 1 unspecified atom stereocenters. The molecule has 0 aliphatic carbocycles. The van der Waals surface area contributed by atoms with Gasteiger partial charge in [0.15, 0.2) is 0 Å². The van der Waals surface area contributed by atoms with E-state index in [1.807, 2.05) is 0 Å². The predicted octanol–water partition coefficient (Wildman–Crippen LogP) is 12.5. The summed E-state index contributed by atoms with van der Waals surface area (Å²) in [6, 6.07) is 0. The molecular weight excluding hydrogens is 464 g/mol. The highest BCUT2D eigenvalue weighted by molar-refractivity contribution is 4.68. The van der Waals surface area contributed by atoms with Crippen molar-refractivity contribution < 1.29 is 9.47 Å². The fourth-order valence-corrected chi connectivity index (χ4v) is 5.79. The lowest BCUT2D eigenvalue weighted by Gasteiger charge is -2.05. The normalized spacial score (nSPS) is 14.9. The maximum atomic E-state index is 5.86. The predicted molar refractivity (Wildman–Crippen MR) is 169 cm³/mol. The molecule has 0 saturated carbocycles.